The van der Waals surface area contributed by atoms with Gasteiger partial charge in [0, 0.05) is 29.7 Å². The third-order valence-electron chi connectivity index (χ3n) is 3.34. The van der Waals surface area contributed by atoms with Crippen molar-refractivity contribution in [2.45, 2.75) is 12.5 Å². The summed E-state index contributed by atoms with van der Waals surface area (Å²) in [5.74, 6) is -4.43. The molecule has 0 aromatic heterocycles. The Balaban J connectivity index is 2.23. The maximum atomic E-state index is 13.2. The Bertz CT molecular complexity index is 821. The van der Waals surface area contributed by atoms with E-state index in [-0.39, 0.29) is 17.7 Å². The maximum Gasteiger partial charge on any atom is 0.326 e. The van der Waals surface area contributed by atoms with Gasteiger partial charge < -0.3 is 10.4 Å². The monoisotopic (exact) mass is 350 g/mol. The van der Waals surface area contributed by atoms with Gasteiger partial charge in [-0.2, -0.15) is 0 Å². The Kier molecular flexibility index (Phi) is 5.38. The number of carbonyl (C=O) groups is 2. The molecule has 2 aromatic rings. The van der Waals surface area contributed by atoms with Gasteiger partial charge in [-0.25, -0.2) is 13.6 Å². The molecule has 1 amide bonds. The van der Waals surface area contributed by atoms with Gasteiger partial charge in [-0.05, 0) is 12.1 Å². The van der Waals surface area contributed by atoms with Gasteiger partial charge in [0.15, 0.2) is 0 Å². The lowest BCUT2D eigenvalue weighted by molar-refractivity contribution is -0.385. The highest BCUT2D eigenvalue weighted by Gasteiger charge is 2.25. The topological polar surface area (TPSA) is 110 Å². The van der Waals surface area contributed by atoms with E-state index in [1.807, 2.05) is 0 Å². The molecule has 0 radical (unpaired) electrons. The van der Waals surface area contributed by atoms with Gasteiger partial charge in [0.25, 0.3) is 11.6 Å². The van der Waals surface area contributed by atoms with Crippen molar-refractivity contribution in [2.24, 2.45) is 0 Å². The van der Waals surface area contributed by atoms with Crippen LogP contribution in [0, 0.1) is 21.7 Å². The summed E-state index contributed by atoms with van der Waals surface area (Å²) >= 11 is 0. The quantitative estimate of drug-likeness (QED) is 0.614. The number of aliphatic carboxylic acids is 1. The lowest BCUT2D eigenvalue weighted by atomic mass is 10.0. The number of carboxylic acid groups (broad SMARTS) is 1. The van der Waals surface area contributed by atoms with Crippen molar-refractivity contribution in [2.75, 3.05) is 0 Å². The molecular weight excluding hydrogens is 338 g/mol. The van der Waals surface area contributed by atoms with Crippen LogP contribution in [0.5, 0.6) is 0 Å². The number of nitrogens with one attached hydrogen (secondary N) is 1. The fourth-order valence-corrected chi connectivity index (χ4v) is 2.21. The summed E-state index contributed by atoms with van der Waals surface area (Å²) in [7, 11) is 0. The highest BCUT2D eigenvalue weighted by molar-refractivity contribution is 5.96. The zero-order valence-electron chi connectivity index (χ0n) is 12.6. The number of carboxylic acids is 1. The van der Waals surface area contributed by atoms with Crippen LogP contribution >= 0.6 is 0 Å². The smallest absolute Gasteiger partial charge is 0.326 e. The Morgan fingerprint density at radius 2 is 1.76 bits per heavy atom. The molecule has 25 heavy (non-hydrogen) atoms. The van der Waals surface area contributed by atoms with Crippen LogP contribution in [0.1, 0.15) is 15.9 Å². The van der Waals surface area contributed by atoms with Crippen molar-refractivity contribution in [3.05, 3.63) is 75.3 Å². The first-order valence-corrected chi connectivity index (χ1v) is 7.00. The van der Waals surface area contributed by atoms with Gasteiger partial charge in [0.1, 0.15) is 17.7 Å². The molecule has 0 saturated carbocycles. The summed E-state index contributed by atoms with van der Waals surface area (Å²) in [5, 5.41) is 22.3. The highest BCUT2D eigenvalue weighted by Crippen LogP contribution is 2.19. The van der Waals surface area contributed by atoms with Crippen LogP contribution < -0.4 is 5.32 Å². The van der Waals surface area contributed by atoms with Crippen LogP contribution in [-0.2, 0) is 11.2 Å². The zero-order valence-corrected chi connectivity index (χ0v) is 12.6. The van der Waals surface area contributed by atoms with Crippen LogP contribution in [0.3, 0.4) is 0 Å². The fraction of sp³-hybridized carbons (Fsp3) is 0.125. The van der Waals surface area contributed by atoms with Crippen LogP contribution in [0.15, 0.2) is 42.5 Å². The van der Waals surface area contributed by atoms with Crippen molar-refractivity contribution in [1.29, 1.82) is 0 Å². The fourth-order valence-electron chi connectivity index (χ4n) is 2.21. The minimum Gasteiger partial charge on any atom is -0.480 e. The molecule has 2 rings (SSSR count). The predicted octanol–water partition coefficient (Wildman–Crippen LogP) is 2.30. The first-order valence-electron chi connectivity index (χ1n) is 7.00. The Labute approximate surface area is 140 Å². The van der Waals surface area contributed by atoms with E-state index < -0.39 is 40.0 Å². The first-order chi connectivity index (χ1) is 11.8. The summed E-state index contributed by atoms with van der Waals surface area (Å²) in [4.78, 5) is 33.7. The molecule has 2 aromatic carbocycles. The molecule has 0 saturated heterocycles. The van der Waals surface area contributed by atoms with Crippen molar-refractivity contribution in [3.8, 4) is 0 Å². The summed E-state index contributed by atoms with van der Waals surface area (Å²) in [6.45, 7) is 0. The summed E-state index contributed by atoms with van der Waals surface area (Å²) in [5.41, 5.74) is -0.586. The third kappa shape index (κ3) is 4.56. The minimum atomic E-state index is -1.51. The molecular formula is C16H12F2N2O5. The number of nitro benzene ring substituents is 1. The number of hydrogen-bond donors (Lipinski definition) is 2. The van der Waals surface area contributed by atoms with Gasteiger partial charge in [-0.1, -0.05) is 18.2 Å². The first kappa shape index (κ1) is 18.0. The van der Waals surface area contributed by atoms with E-state index in [4.69, 9.17) is 0 Å². The SMILES string of the molecule is O=C(N[C@@H](Cc1ccccc1[N+](=O)[O-])C(=O)O)c1cc(F)cc(F)c1. The van der Waals surface area contributed by atoms with E-state index in [0.717, 1.165) is 12.1 Å². The van der Waals surface area contributed by atoms with E-state index in [9.17, 15) is 33.6 Å². The van der Waals surface area contributed by atoms with E-state index in [1.54, 1.807) is 0 Å². The minimum absolute atomic E-state index is 0.102. The van der Waals surface area contributed by atoms with E-state index >= 15 is 0 Å². The van der Waals surface area contributed by atoms with Crippen LogP contribution in [0.2, 0.25) is 0 Å². The molecule has 0 bridgehead atoms. The number of para-hydroxylation sites is 1. The predicted molar refractivity (Wildman–Crippen MR) is 82.0 cm³/mol. The Hall–Kier alpha value is -3.36. The maximum absolute atomic E-state index is 13.2. The molecule has 7 nitrogen and oxygen atoms in total. The van der Waals surface area contributed by atoms with E-state index in [0.29, 0.717) is 6.07 Å². The summed E-state index contributed by atoms with van der Waals surface area (Å²) in [6.07, 6.45) is -0.365. The molecule has 130 valence electrons. The molecule has 0 spiro atoms. The van der Waals surface area contributed by atoms with Gasteiger partial charge in [0.05, 0.1) is 4.92 Å². The molecule has 1 atom stereocenters. The number of nitrogens with zero attached hydrogens (tertiary/aromatic N) is 1. The van der Waals surface area contributed by atoms with Gasteiger partial charge >= 0.3 is 5.97 Å². The largest absolute Gasteiger partial charge is 0.480 e. The molecule has 0 aliphatic carbocycles. The average Bonchev–Trinajstić information content (AvgIpc) is 2.53. The lowest BCUT2D eigenvalue weighted by Gasteiger charge is -2.15. The van der Waals surface area contributed by atoms with Gasteiger partial charge in [0.2, 0.25) is 0 Å². The number of rotatable bonds is 6. The molecule has 0 unspecified atom stereocenters. The molecule has 0 aliphatic rings. The average molecular weight is 350 g/mol. The molecule has 0 aliphatic heterocycles. The normalized spacial score (nSPS) is 11.6. The van der Waals surface area contributed by atoms with E-state index in [2.05, 4.69) is 5.32 Å². The number of nitro groups is 1. The third-order valence-corrected chi connectivity index (χ3v) is 3.34. The van der Waals surface area contributed by atoms with Gasteiger partial charge in [-0.3, -0.25) is 14.9 Å². The number of hydrogen-bond acceptors (Lipinski definition) is 4. The molecule has 0 heterocycles. The molecule has 0 fully saturated rings. The van der Waals surface area contributed by atoms with Crippen LogP contribution in [0.25, 0.3) is 0 Å². The summed E-state index contributed by atoms with van der Waals surface area (Å²) < 4.78 is 26.3. The second kappa shape index (κ2) is 7.47. The van der Waals surface area contributed by atoms with Crippen LogP contribution in [-0.4, -0.2) is 27.9 Å². The summed E-state index contributed by atoms with van der Waals surface area (Å²) in [6, 6.07) is 6.04. The van der Waals surface area contributed by atoms with Crippen molar-refractivity contribution in [1.82, 2.24) is 5.32 Å². The standard InChI is InChI=1S/C16H12F2N2O5/c17-11-5-10(6-12(18)8-11)15(21)19-13(16(22)23)7-9-3-1-2-4-14(9)20(24)25/h1-6,8,13H,7H2,(H,19,21)(H,22,23)/t13-/m0/s1. The molecule has 9 heteroatoms. The molecule has 2 N–H and O–H groups in total. The number of benzene rings is 2. The van der Waals surface area contributed by atoms with Crippen LogP contribution in [0.4, 0.5) is 14.5 Å². The Morgan fingerprint density at radius 1 is 1.16 bits per heavy atom. The second-order valence-electron chi connectivity index (χ2n) is 5.11. The zero-order chi connectivity index (χ0) is 18.6. The number of amides is 1. The van der Waals surface area contributed by atoms with Crippen molar-refractivity contribution >= 4 is 17.6 Å². The second-order valence-corrected chi connectivity index (χ2v) is 5.11. The number of halogens is 2. The number of carbonyl (C=O) groups excluding carboxylic acids is 1. The Morgan fingerprint density at radius 3 is 2.32 bits per heavy atom. The van der Waals surface area contributed by atoms with Crippen molar-refractivity contribution < 1.29 is 28.4 Å². The highest BCUT2D eigenvalue weighted by atomic mass is 19.1. The van der Waals surface area contributed by atoms with Crippen molar-refractivity contribution in [3.63, 3.8) is 0 Å². The van der Waals surface area contributed by atoms with Gasteiger partial charge in [-0.15, -0.1) is 0 Å². The lowest BCUT2D eigenvalue weighted by Crippen LogP contribution is -2.42. The van der Waals surface area contributed by atoms with E-state index in [1.165, 1.54) is 24.3 Å².